The van der Waals surface area contributed by atoms with Gasteiger partial charge in [-0.05, 0) is 37.5 Å². The lowest BCUT2D eigenvalue weighted by Crippen LogP contribution is -2.43. The number of ether oxygens (including phenoxy) is 2. The van der Waals surface area contributed by atoms with Crippen LogP contribution < -0.4 is 15.6 Å². The van der Waals surface area contributed by atoms with Gasteiger partial charge >= 0.3 is 0 Å². The number of hydrogen-bond donors (Lipinski definition) is 2. The zero-order chi connectivity index (χ0) is 16.4. The molecule has 1 rings (SSSR count). The van der Waals surface area contributed by atoms with Crippen LogP contribution in [0, 0.1) is 5.92 Å². The number of amides is 2. The lowest BCUT2D eigenvalue weighted by Gasteiger charge is -2.10. The summed E-state index contributed by atoms with van der Waals surface area (Å²) < 4.78 is 10.5. The topological polar surface area (TPSA) is 76.7 Å². The highest BCUT2D eigenvalue weighted by molar-refractivity contribution is 5.95. The highest BCUT2D eigenvalue weighted by Gasteiger charge is 2.08. The summed E-state index contributed by atoms with van der Waals surface area (Å²) in [6.45, 7) is 6.99. The number of nitrogens with one attached hydrogen (secondary N) is 2. The van der Waals surface area contributed by atoms with E-state index < -0.39 is 11.8 Å². The van der Waals surface area contributed by atoms with Crippen LogP contribution in [0.15, 0.2) is 24.3 Å². The average molecular weight is 308 g/mol. The van der Waals surface area contributed by atoms with Gasteiger partial charge < -0.3 is 9.47 Å². The molecule has 0 aliphatic heterocycles. The van der Waals surface area contributed by atoms with Gasteiger partial charge in [0, 0.05) is 12.2 Å². The third-order valence-electron chi connectivity index (χ3n) is 2.81. The van der Waals surface area contributed by atoms with Crippen LogP contribution in [0.25, 0.3) is 0 Å². The van der Waals surface area contributed by atoms with E-state index in [0.717, 1.165) is 6.42 Å². The molecule has 0 aromatic heterocycles. The minimum Gasteiger partial charge on any atom is -0.494 e. The van der Waals surface area contributed by atoms with E-state index in [-0.39, 0.29) is 6.61 Å². The molecular weight excluding hydrogens is 284 g/mol. The van der Waals surface area contributed by atoms with Crippen molar-refractivity contribution < 1.29 is 19.1 Å². The largest absolute Gasteiger partial charge is 0.494 e. The molecule has 0 saturated carbocycles. The first-order valence-electron chi connectivity index (χ1n) is 7.42. The summed E-state index contributed by atoms with van der Waals surface area (Å²) in [6, 6.07) is 6.83. The van der Waals surface area contributed by atoms with E-state index in [1.165, 1.54) is 0 Å². The number of carbonyl (C=O) groups excluding carboxylic acids is 2. The van der Waals surface area contributed by atoms with Crippen LogP contribution in [0.4, 0.5) is 0 Å². The molecule has 0 heterocycles. The van der Waals surface area contributed by atoms with Crippen LogP contribution in [-0.2, 0) is 9.53 Å². The van der Waals surface area contributed by atoms with Crippen LogP contribution in [0.5, 0.6) is 5.75 Å². The summed E-state index contributed by atoms with van der Waals surface area (Å²) in [5.74, 6) is 0.389. The minimum atomic E-state index is -0.404. The van der Waals surface area contributed by atoms with Gasteiger partial charge in [-0.15, -0.1) is 0 Å². The summed E-state index contributed by atoms with van der Waals surface area (Å²) >= 11 is 0. The van der Waals surface area contributed by atoms with Crippen molar-refractivity contribution in [3.05, 3.63) is 29.8 Å². The zero-order valence-electron chi connectivity index (χ0n) is 13.3. The Hall–Kier alpha value is -2.08. The maximum absolute atomic E-state index is 11.9. The van der Waals surface area contributed by atoms with Crippen LogP contribution in [0.3, 0.4) is 0 Å². The fourth-order valence-corrected chi connectivity index (χ4v) is 1.57. The molecule has 1 aromatic carbocycles. The SMILES string of the molecule is CCOCC(=O)NNC(=O)c1cccc(OCCC(C)C)c1. The van der Waals surface area contributed by atoms with Crippen LogP contribution in [0.2, 0.25) is 0 Å². The van der Waals surface area contributed by atoms with Gasteiger partial charge in [-0.1, -0.05) is 19.9 Å². The first-order chi connectivity index (χ1) is 10.5. The molecule has 122 valence electrons. The van der Waals surface area contributed by atoms with Crippen molar-refractivity contribution in [2.45, 2.75) is 27.2 Å². The van der Waals surface area contributed by atoms with Gasteiger partial charge in [0.05, 0.1) is 6.61 Å². The predicted molar refractivity (Wildman–Crippen MR) is 83.5 cm³/mol. The minimum absolute atomic E-state index is 0.0882. The molecule has 0 fully saturated rings. The third kappa shape index (κ3) is 7.08. The Morgan fingerprint density at radius 2 is 2.00 bits per heavy atom. The highest BCUT2D eigenvalue weighted by atomic mass is 16.5. The molecule has 0 saturated heterocycles. The second kappa shape index (κ2) is 9.78. The third-order valence-corrected chi connectivity index (χ3v) is 2.81. The smallest absolute Gasteiger partial charge is 0.269 e. The normalized spacial score (nSPS) is 10.4. The number of hydrogen-bond acceptors (Lipinski definition) is 4. The molecule has 0 radical (unpaired) electrons. The van der Waals surface area contributed by atoms with E-state index in [2.05, 4.69) is 24.7 Å². The first kappa shape index (κ1) is 18.0. The Morgan fingerprint density at radius 1 is 1.23 bits per heavy atom. The number of carbonyl (C=O) groups is 2. The van der Waals surface area contributed by atoms with Gasteiger partial charge in [-0.2, -0.15) is 0 Å². The summed E-state index contributed by atoms with van der Waals surface area (Å²) in [5.41, 5.74) is 5.04. The van der Waals surface area contributed by atoms with Gasteiger partial charge in [-0.3, -0.25) is 20.4 Å². The summed E-state index contributed by atoms with van der Waals surface area (Å²) in [6.07, 6.45) is 0.948. The van der Waals surface area contributed by atoms with Crippen molar-refractivity contribution in [2.75, 3.05) is 19.8 Å². The van der Waals surface area contributed by atoms with E-state index in [9.17, 15) is 9.59 Å². The van der Waals surface area contributed by atoms with Gasteiger partial charge in [0.25, 0.3) is 11.8 Å². The molecule has 2 amide bonds. The Morgan fingerprint density at radius 3 is 2.68 bits per heavy atom. The van der Waals surface area contributed by atoms with Gasteiger partial charge in [-0.25, -0.2) is 0 Å². The Bertz CT molecular complexity index is 489. The molecule has 22 heavy (non-hydrogen) atoms. The quantitative estimate of drug-likeness (QED) is 0.719. The first-order valence-corrected chi connectivity index (χ1v) is 7.42. The van der Waals surface area contributed by atoms with Crippen molar-refractivity contribution in [1.29, 1.82) is 0 Å². The van der Waals surface area contributed by atoms with Crippen LogP contribution >= 0.6 is 0 Å². The van der Waals surface area contributed by atoms with E-state index in [0.29, 0.717) is 30.4 Å². The fraction of sp³-hybridized carbons (Fsp3) is 0.500. The molecule has 0 unspecified atom stereocenters. The van der Waals surface area contributed by atoms with Crippen molar-refractivity contribution in [3.63, 3.8) is 0 Å². The summed E-state index contributed by atoms with van der Waals surface area (Å²) in [7, 11) is 0. The highest BCUT2D eigenvalue weighted by Crippen LogP contribution is 2.14. The molecule has 0 spiro atoms. The maximum Gasteiger partial charge on any atom is 0.269 e. The zero-order valence-corrected chi connectivity index (χ0v) is 13.3. The van der Waals surface area contributed by atoms with E-state index in [1.807, 2.05) is 0 Å². The van der Waals surface area contributed by atoms with Crippen molar-refractivity contribution in [3.8, 4) is 5.75 Å². The van der Waals surface area contributed by atoms with E-state index >= 15 is 0 Å². The molecule has 2 N–H and O–H groups in total. The second-order valence-corrected chi connectivity index (χ2v) is 5.20. The van der Waals surface area contributed by atoms with Crippen molar-refractivity contribution >= 4 is 11.8 Å². The monoisotopic (exact) mass is 308 g/mol. The Balaban J connectivity index is 2.46. The molecular formula is C16H24N2O4. The number of benzene rings is 1. The van der Waals surface area contributed by atoms with Crippen LogP contribution in [-0.4, -0.2) is 31.6 Å². The van der Waals surface area contributed by atoms with Gasteiger partial charge in [0.15, 0.2) is 0 Å². The van der Waals surface area contributed by atoms with E-state index in [4.69, 9.17) is 9.47 Å². The standard InChI is InChI=1S/C16H24N2O4/c1-4-21-11-15(19)17-18-16(20)13-6-5-7-14(10-13)22-9-8-12(2)3/h5-7,10,12H,4,8-9,11H2,1-3H3,(H,17,19)(H,18,20). The lowest BCUT2D eigenvalue weighted by molar-refractivity contribution is -0.126. The molecule has 6 heteroatoms. The summed E-state index contributed by atoms with van der Waals surface area (Å²) in [4.78, 5) is 23.3. The molecule has 0 bridgehead atoms. The molecule has 1 aromatic rings. The van der Waals surface area contributed by atoms with Crippen molar-refractivity contribution in [1.82, 2.24) is 10.9 Å². The molecule has 0 atom stereocenters. The lowest BCUT2D eigenvalue weighted by atomic mass is 10.1. The molecule has 0 aliphatic carbocycles. The summed E-state index contributed by atoms with van der Waals surface area (Å²) in [5, 5.41) is 0. The second-order valence-electron chi connectivity index (χ2n) is 5.20. The van der Waals surface area contributed by atoms with Crippen LogP contribution in [0.1, 0.15) is 37.6 Å². The Labute approximate surface area is 131 Å². The average Bonchev–Trinajstić information content (AvgIpc) is 2.50. The predicted octanol–water partition coefficient (Wildman–Crippen LogP) is 1.91. The van der Waals surface area contributed by atoms with Gasteiger partial charge in [0.2, 0.25) is 0 Å². The maximum atomic E-state index is 11.9. The van der Waals surface area contributed by atoms with Gasteiger partial charge in [0.1, 0.15) is 12.4 Å². The number of hydrazine groups is 1. The Kier molecular flexibility index (Phi) is 7.99. The molecule has 0 aliphatic rings. The van der Waals surface area contributed by atoms with Crippen molar-refractivity contribution in [2.24, 2.45) is 5.92 Å². The number of rotatable bonds is 8. The molecule has 6 nitrogen and oxygen atoms in total. The van der Waals surface area contributed by atoms with E-state index in [1.54, 1.807) is 31.2 Å². The fourth-order valence-electron chi connectivity index (χ4n) is 1.57.